The number of carbonyl (C=O) groups excluding carboxylic acids is 1. The molecule has 0 aliphatic heterocycles. The highest BCUT2D eigenvalue weighted by atomic mass is 35.5. The Morgan fingerprint density at radius 1 is 1.21 bits per heavy atom. The summed E-state index contributed by atoms with van der Waals surface area (Å²) in [6.45, 7) is 3.92. The fourth-order valence-electron chi connectivity index (χ4n) is 2.64. The second-order valence-corrected chi connectivity index (χ2v) is 6.41. The van der Waals surface area contributed by atoms with E-state index in [1.807, 2.05) is 26.0 Å². The summed E-state index contributed by atoms with van der Waals surface area (Å²) in [4.78, 5) is 12.3. The van der Waals surface area contributed by atoms with Crippen molar-refractivity contribution >= 4 is 45.8 Å². The predicted molar refractivity (Wildman–Crippen MR) is 93.9 cm³/mol. The van der Waals surface area contributed by atoms with Crippen LogP contribution in [0, 0.1) is 13.8 Å². The van der Waals surface area contributed by atoms with Gasteiger partial charge >= 0.3 is 0 Å². The van der Waals surface area contributed by atoms with E-state index in [2.05, 4.69) is 10.5 Å². The van der Waals surface area contributed by atoms with Gasteiger partial charge in [0.2, 0.25) is 5.91 Å². The summed E-state index contributed by atoms with van der Waals surface area (Å²) in [5.41, 5.74) is 3.69. The maximum Gasteiger partial charge on any atom is 0.230 e. The summed E-state index contributed by atoms with van der Waals surface area (Å²) in [5.74, 6) is -0.507. The van der Waals surface area contributed by atoms with Crippen LogP contribution < -0.4 is 5.32 Å². The van der Waals surface area contributed by atoms with Crippen LogP contribution in [0.15, 0.2) is 28.8 Å². The molecule has 24 heavy (non-hydrogen) atoms. The van der Waals surface area contributed by atoms with Gasteiger partial charge in [-0.05, 0) is 43.2 Å². The highest BCUT2D eigenvalue weighted by Crippen LogP contribution is 2.34. The number of amides is 1. The predicted octanol–water partition coefficient (Wildman–Crippen LogP) is 4.64. The zero-order chi connectivity index (χ0) is 17.4. The van der Waals surface area contributed by atoms with Crippen LogP contribution in [-0.2, 0) is 11.2 Å². The summed E-state index contributed by atoms with van der Waals surface area (Å²) in [6.07, 6.45) is 0.0486. The molecule has 0 saturated carbocycles. The average Bonchev–Trinajstić information content (AvgIpc) is 2.87. The number of anilines is 1. The molecule has 124 valence electrons. The van der Waals surface area contributed by atoms with Crippen LogP contribution in [0.4, 0.5) is 5.69 Å². The van der Waals surface area contributed by atoms with Crippen molar-refractivity contribution in [3.8, 4) is 5.75 Å². The monoisotopic (exact) mass is 364 g/mol. The van der Waals surface area contributed by atoms with Gasteiger partial charge in [0.15, 0.2) is 11.3 Å². The summed E-state index contributed by atoms with van der Waals surface area (Å²) >= 11 is 11.7. The highest BCUT2D eigenvalue weighted by Gasteiger charge is 2.16. The van der Waals surface area contributed by atoms with E-state index < -0.39 is 0 Å². The first kappa shape index (κ1) is 16.6. The third kappa shape index (κ3) is 3.18. The molecule has 0 spiro atoms. The van der Waals surface area contributed by atoms with Crippen molar-refractivity contribution in [3.63, 3.8) is 0 Å². The molecule has 1 heterocycles. The van der Waals surface area contributed by atoms with E-state index in [0.29, 0.717) is 17.0 Å². The number of aromatic nitrogens is 1. The SMILES string of the molecule is Cc1cc(C)c2c(CC(=O)Nc3cc(Cl)c(O)c(Cl)c3)noc2c1. The quantitative estimate of drug-likeness (QED) is 0.663. The minimum Gasteiger partial charge on any atom is -0.505 e. The van der Waals surface area contributed by atoms with Crippen LogP contribution in [0.25, 0.3) is 11.0 Å². The number of phenols is 1. The van der Waals surface area contributed by atoms with E-state index in [-0.39, 0.29) is 28.1 Å². The standard InChI is InChI=1S/C17H14Cl2N2O3/c1-8-3-9(2)16-13(21-24-14(16)4-8)7-15(22)20-10-5-11(18)17(23)12(19)6-10/h3-6,23H,7H2,1-2H3,(H,20,22). The molecule has 7 heteroatoms. The number of fused-ring (bicyclic) bond motifs is 1. The van der Waals surface area contributed by atoms with Crippen LogP contribution in [0.1, 0.15) is 16.8 Å². The minimum atomic E-state index is -0.289. The first-order valence-electron chi connectivity index (χ1n) is 7.18. The molecule has 1 aromatic heterocycles. The number of halogens is 2. The Kier molecular flexibility index (Phi) is 4.39. The number of benzene rings is 2. The first-order chi connectivity index (χ1) is 11.3. The number of hydrogen-bond acceptors (Lipinski definition) is 4. The van der Waals surface area contributed by atoms with Crippen molar-refractivity contribution in [2.24, 2.45) is 0 Å². The molecule has 3 aromatic rings. The van der Waals surface area contributed by atoms with Crippen molar-refractivity contribution in [3.05, 3.63) is 51.1 Å². The zero-order valence-electron chi connectivity index (χ0n) is 13.0. The molecule has 0 aliphatic rings. The Morgan fingerprint density at radius 2 is 1.88 bits per heavy atom. The van der Waals surface area contributed by atoms with E-state index >= 15 is 0 Å². The van der Waals surface area contributed by atoms with E-state index in [0.717, 1.165) is 16.5 Å². The molecular formula is C17H14Cl2N2O3. The molecule has 5 nitrogen and oxygen atoms in total. The number of aromatic hydroxyl groups is 1. The lowest BCUT2D eigenvalue weighted by Crippen LogP contribution is -2.14. The van der Waals surface area contributed by atoms with Crippen LogP contribution in [0.2, 0.25) is 10.0 Å². The zero-order valence-corrected chi connectivity index (χ0v) is 14.5. The van der Waals surface area contributed by atoms with Crippen molar-refractivity contribution in [2.75, 3.05) is 5.32 Å². The van der Waals surface area contributed by atoms with Crippen molar-refractivity contribution in [1.29, 1.82) is 0 Å². The van der Waals surface area contributed by atoms with Crippen LogP contribution >= 0.6 is 23.2 Å². The van der Waals surface area contributed by atoms with Gasteiger partial charge in [0, 0.05) is 11.1 Å². The number of carbonyl (C=O) groups is 1. The fraction of sp³-hybridized carbons (Fsp3) is 0.176. The second kappa shape index (κ2) is 6.34. The first-order valence-corrected chi connectivity index (χ1v) is 7.94. The molecule has 0 aliphatic carbocycles. The Hall–Kier alpha value is -2.24. The van der Waals surface area contributed by atoms with Gasteiger partial charge in [-0.15, -0.1) is 0 Å². The molecule has 1 amide bonds. The van der Waals surface area contributed by atoms with E-state index in [4.69, 9.17) is 27.7 Å². The van der Waals surface area contributed by atoms with Crippen molar-refractivity contribution in [2.45, 2.75) is 20.3 Å². The van der Waals surface area contributed by atoms with Gasteiger partial charge in [0.1, 0.15) is 5.69 Å². The third-order valence-electron chi connectivity index (χ3n) is 3.62. The fourth-order valence-corrected chi connectivity index (χ4v) is 3.12. The topological polar surface area (TPSA) is 75.4 Å². The molecule has 0 bridgehead atoms. The number of aryl methyl sites for hydroxylation is 2. The smallest absolute Gasteiger partial charge is 0.230 e. The average molecular weight is 365 g/mol. The lowest BCUT2D eigenvalue weighted by atomic mass is 10.0. The molecule has 0 fully saturated rings. The molecule has 2 N–H and O–H groups in total. The molecule has 0 saturated heterocycles. The van der Waals surface area contributed by atoms with Gasteiger partial charge in [-0.3, -0.25) is 4.79 Å². The number of hydrogen-bond donors (Lipinski definition) is 2. The number of nitrogens with zero attached hydrogens (tertiary/aromatic N) is 1. The summed E-state index contributed by atoms with van der Waals surface area (Å²) < 4.78 is 5.31. The number of nitrogens with one attached hydrogen (secondary N) is 1. The summed E-state index contributed by atoms with van der Waals surface area (Å²) in [5, 5.41) is 17.2. The molecule has 0 radical (unpaired) electrons. The third-order valence-corrected chi connectivity index (χ3v) is 4.19. The maximum absolute atomic E-state index is 12.3. The lowest BCUT2D eigenvalue weighted by Gasteiger charge is -2.07. The van der Waals surface area contributed by atoms with E-state index in [1.54, 1.807) is 0 Å². The second-order valence-electron chi connectivity index (χ2n) is 5.60. The molecular weight excluding hydrogens is 351 g/mol. The van der Waals surface area contributed by atoms with E-state index in [1.165, 1.54) is 12.1 Å². The van der Waals surface area contributed by atoms with Gasteiger partial charge in [-0.25, -0.2) is 0 Å². The van der Waals surface area contributed by atoms with Gasteiger partial charge < -0.3 is 14.9 Å². The van der Waals surface area contributed by atoms with E-state index in [9.17, 15) is 9.90 Å². The Morgan fingerprint density at radius 3 is 2.54 bits per heavy atom. The van der Waals surface area contributed by atoms with Crippen LogP contribution in [-0.4, -0.2) is 16.2 Å². The molecule has 3 rings (SSSR count). The molecule has 0 atom stereocenters. The van der Waals surface area contributed by atoms with Crippen LogP contribution in [0.5, 0.6) is 5.75 Å². The van der Waals surface area contributed by atoms with Gasteiger partial charge in [-0.2, -0.15) is 0 Å². The van der Waals surface area contributed by atoms with Crippen LogP contribution in [0.3, 0.4) is 0 Å². The van der Waals surface area contributed by atoms with Crippen molar-refractivity contribution < 1.29 is 14.4 Å². The Bertz CT molecular complexity index is 927. The van der Waals surface area contributed by atoms with Crippen molar-refractivity contribution in [1.82, 2.24) is 5.16 Å². The summed E-state index contributed by atoms with van der Waals surface area (Å²) in [6, 6.07) is 6.75. The molecule has 2 aromatic carbocycles. The minimum absolute atomic E-state index is 0.0486. The number of rotatable bonds is 3. The summed E-state index contributed by atoms with van der Waals surface area (Å²) in [7, 11) is 0. The maximum atomic E-state index is 12.3. The van der Waals surface area contributed by atoms with Gasteiger partial charge in [0.05, 0.1) is 16.5 Å². The lowest BCUT2D eigenvalue weighted by molar-refractivity contribution is -0.115. The molecule has 0 unspecified atom stereocenters. The normalized spacial score (nSPS) is 11.0. The Balaban J connectivity index is 1.83. The Labute approximate surface area is 148 Å². The van der Waals surface area contributed by atoms with Gasteiger partial charge in [-0.1, -0.05) is 34.4 Å². The van der Waals surface area contributed by atoms with Gasteiger partial charge in [0.25, 0.3) is 0 Å². The largest absolute Gasteiger partial charge is 0.505 e. The highest BCUT2D eigenvalue weighted by molar-refractivity contribution is 6.37. The number of phenolic OH excluding ortho intramolecular Hbond substituents is 1.